The van der Waals surface area contributed by atoms with Crippen LogP contribution in [0.25, 0.3) is 0 Å². The molecule has 0 heterocycles. The molecule has 0 aromatic heterocycles. The zero-order valence-corrected chi connectivity index (χ0v) is 7.82. The van der Waals surface area contributed by atoms with E-state index in [0.717, 1.165) is 4.47 Å². The normalized spacial score (nSPS) is 9.27. The van der Waals surface area contributed by atoms with Crippen LogP contribution in [-0.2, 0) is 0 Å². The maximum absolute atomic E-state index is 10.9. The van der Waals surface area contributed by atoms with Crippen molar-refractivity contribution in [2.24, 2.45) is 0 Å². The lowest BCUT2D eigenvalue weighted by atomic mass is 10.2. The van der Waals surface area contributed by atoms with E-state index >= 15 is 0 Å². The topological polar surface area (TPSA) is 29.1 Å². The van der Waals surface area contributed by atoms with E-state index in [4.69, 9.17) is 11.8 Å². The lowest BCUT2D eigenvalue weighted by molar-refractivity contribution is 0.0982. The fourth-order valence-electron chi connectivity index (χ4n) is 0.684. The molecule has 0 spiro atoms. The lowest BCUT2D eigenvalue weighted by Gasteiger charge is -1.96. The summed E-state index contributed by atoms with van der Waals surface area (Å²) in [5.74, 6) is -0.298. The first-order chi connectivity index (χ1) is 5.24. The third-order valence-corrected chi connectivity index (χ3v) is 1.84. The standard InChI is InChI=1S/C7H5BrClNO/c8-6-3-1-2-5(4-6)7(11)10-9/h1-4H,(H,10,11). The summed E-state index contributed by atoms with van der Waals surface area (Å²) in [5, 5.41) is 0. The largest absolute Gasteiger partial charge is 0.268 e. The van der Waals surface area contributed by atoms with E-state index in [0.29, 0.717) is 5.56 Å². The third-order valence-electron chi connectivity index (χ3n) is 1.17. The highest BCUT2D eigenvalue weighted by atomic mass is 79.9. The second kappa shape index (κ2) is 3.74. The molecule has 1 rings (SSSR count). The summed E-state index contributed by atoms with van der Waals surface area (Å²) < 4.78 is 0.857. The molecule has 1 aromatic carbocycles. The molecule has 0 aliphatic heterocycles. The van der Waals surface area contributed by atoms with Gasteiger partial charge in [0.25, 0.3) is 5.91 Å². The minimum absolute atomic E-state index is 0.298. The highest BCUT2D eigenvalue weighted by molar-refractivity contribution is 9.10. The van der Waals surface area contributed by atoms with Crippen LogP contribution < -0.4 is 4.84 Å². The minimum atomic E-state index is -0.298. The van der Waals surface area contributed by atoms with Crippen LogP contribution in [0.4, 0.5) is 0 Å². The van der Waals surface area contributed by atoms with Crippen molar-refractivity contribution in [2.45, 2.75) is 0 Å². The number of hydrogen-bond donors (Lipinski definition) is 1. The first kappa shape index (κ1) is 8.56. The van der Waals surface area contributed by atoms with E-state index in [1.54, 1.807) is 18.2 Å². The van der Waals surface area contributed by atoms with E-state index < -0.39 is 0 Å². The number of carbonyl (C=O) groups excluding carboxylic acids is 1. The van der Waals surface area contributed by atoms with Crippen LogP contribution in [0, 0.1) is 0 Å². The molecule has 1 aromatic rings. The molecule has 0 bridgehead atoms. The Hall–Kier alpha value is -0.540. The number of rotatable bonds is 1. The Kier molecular flexibility index (Phi) is 2.91. The van der Waals surface area contributed by atoms with Gasteiger partial charge in [-0.15, -0.1) is 0 Å². The number of hydrogen-bond acceptors (Lipinski definition) is 1. The number of nitrogens with one attached hydrogen (secondary N) is 1. The van der Waals surface area contributed by atoms with E-state index in [1.165, 1.54) is 0 Å². The highest BCUT2D eigenvalue weighted by Gasteiger charge is 2.02. The monoisotopic (exact) mass is 233 g/mol. The van der Waals surface area contributed by atoms with Crippen molar-refractivity contribution in [3.05, 3.63) is 34.3 Å². The van der Waals surface area contributed by atoms with E-state index in [2.05, 4.69) is 15.9 Å². The van der Waals surface area contributed by atoms with Crippen molar-refractivity contribution in [3.63, 3.8) is 0 Å². The molecule has 58 valence electrons. The molecule has 1 N–H and O–H groups in total. The van der Waals surface area contributed by atoms with Gasteiger partial charge in [-0.05, 0) is 18.2 Å². The quantitative estimate of drug-likeness (QED) is 0.743. The summed E-state index contributed by atoms with van der Waals surface area (Å²) in [5.41, 5.74) is 0.536. The Labute approximate surface area is 77.8 Å². The van der Waals surface area contributed by atoms with Crippen LogP contribution in [0.15, 0.2) is 28.7 Å². The van der Waals surface area contributed by atoms with Gasteiger partial charge in [-0.2, -0.15) is 0 Å². The van der Waals surface area contributed by atoms with Crippen molar-refractivity contribution >= 4 is 33.6 Å². The van der Waals surface area contributed by atoms with Crippen LogP contribution in [0.1, 0.15) is 10.4 Å². The summed E-state index contributed by atoms with van der Waals surface area (Å²) in [6.07, 6.45) is 0. The minimum Gasteiger partial charge on any atom is -0.268 e. The molecule has 2 nitrogen and oxygen atoms in total. The maximum atomic E-state index is 10.9. The van der Waals surface area contributed by atoms with Crippen molar-refractivity contribution < 1.29 is 4.79 Å². The smallest absolute Gasteiger partial charge is 0.265 e. The zero-order chi connectivity index (χ0) is 8.27. The summed E-state index contributed by atoms with van der Waals surface area (Å²) >= 11 is 8.36. The van der Waals surface area contributed by atoms with Crippen LogP contribution in [-0.4, -0.2) is 5.91 Å². The van der Waals surface area contributed by atoms with Gasteiger partial charge in [-0.25, -0.2) is 0 Å². The second-order valence-corrected chi connectivity index (χ2v) is 3.04. The summed E-state index contributed by atoms with van der Waals surface area (Å²) in [6.45, 7) is 0. The predicted molar refractivity (Wildman–Crippen MR) is 47.5 cm³/mol. The van der Waals surface area contributed by atoms with Crippen LogP contribution in [0.2, 0.25) is 0 Å². The molecule has 0 saturated heterocycles. The maximum Gasteiger partial charge on any atom is 0.265 e. The van der Waals surface area contributed by atoms with Gasteiger partial charge in [-0.1, -0.05) is 22.0 Å². The number of benzene rings is 1. The Morgan fingerprint density at radius 3 is 2.82 bits per heavy atom. The summed E-state index contributed by atoms with van der Waals surface area (Å²) in [4.78, 5) is 12.9. The van der Waals surface area contributed by atoms with Gasteiger partial charge in [0.05, 0.1) is 0 Å². The predicted octanol–water partition coefficient (Wildman–Crippen LogP) is 2.33. The zero-order valence-electron chi connectivity index (χ0n) is 5.47. The molecule has 0 atom stereocenters. The molecule has 0 aliphatic carbocycles. The van der Waals surface area contributed by atoms with E-state index in [-0.39, 0.29) is 5.91 Å². The van der Waals surface area contributed by atoms with Crippen molar-refractivity contribution in [1.82, 2.24) is 4.84 Å². The Morgan fingerprint density at radius 2 is 2.27 bits per heavy atom. The van der Waals surface area contributed by atoms with Gasteiger partial charge in [0, 0.05) is 21.8 Å². The molecule has 11 heavy (non-hydrogen) atoms. The van der Waals surface area contributed by atoms with E-state index in [9.17, 15) is 4.79 Å². The van der Waals surface area contributed by atoms with Gasteiger partial charge in [0.15, 0.2) is 0 Å². The Balaban J connectivity index is 2.96. The number of amides is 1. The van der Waals surface area contributed by atoms with Crippen LogP contribution >= 0.6 is 27.7 Å². The average Bonchev–Trinajstić information content (AvgIpc) is 2.03. The fourth-order valence-corrected chi connectivity index (χ4v) is 1.19. The first-order valence-corrected chi connectivity index (χ1v) is 4.07. The van der Waals surface area contributed by atoms with Gasteiger partial charge < -0.3 is 0 Å². The number of halogens is 2. The molecule has 1 amide bonds. The average molecular weight is 234 g/mol. The van der Waals surface area contributed by atoms with Crippen molar-refractivity contribution in [3.8, 4) is 0 Å². The number of carbonyl (C=O) groups is 1. The Bertz CT molecular complexity index is 277. The van der Waals surface area contributed by atoms with E-state index in [1.807, 2.05) is 10.9 Å². The van der Waals surface area contributed by atoms with Gasteiger partial charge in [0.1, 0.15) is 0 Å². The molecule has 0 unspecified atom stereocenters. The summed E-state index contributed by atoms with van der Waals surface area (Å²) in [6, 6.07) is 6.98. The van der Waals surface area contributed by atoms with Gasteiger partial charge in [0.2, 0.25) is 0 Å². The van der Waals surface area contributed by atoms with Gasteiger partial charge in [-0.3, -0.25) is 9.63 Å². The molecule has 4 heteroatoms. The Morgan fingerprint density at radius 1 is 1.55 bits per heavy atom. The van der Waals surface area contributed by atoms with Crippen molar-refractivity contribution in [1.29, 1.82) is 0 Å². The molecular formula is C7H5BrClNO. The van der Waals surface area contributed by atoms with Crippen LogP contribution in [0.3, 0.4) is 0 Å². The molecular weight excluding hydrogens is 229 g/mol. The summed E-state index contributed by atoms with van der Waals surface area (Å²) in [7, 11) is 0. The molecule has 0 saturated carbocycles. The second-order valence-electron chi connectivity index (χ2n) is 1.93. The highest BCUT2D eigenvalue weighted by Crippen LogP contribution is 2.11. The molecule has 0 aliphatic rings. The fraction of sp³-hybridized carbons (Fsp3) is 0. The lowest BCUT2D eigenvalue weighted by Crippen LogP contribution is -2.11. The van der Waals surface area contributed by atoms with Crippen LogP contribution in [0.5, 0.6) is 0 Å². The first-order valence-electron chi connectivity index (χ1n) is 2.90. The third kappa shape index (κ3) is 2.20. The molecule has 0 radical (unpaired) electrons. The van der Waals surface area contributed by atoms with Gasteiger partial charge >= 0.3 is 0 Å². The van der Waals surface area contributed by atoms with Crippen molar-refractivity contribution in [2.75, 3.05) is 0 Å². The molecule has 0 fully saturated rings. The SMILES string of the molecule is O=C(NCl)c1cccc(Br)c1.